The van der Waals surface area contributed by atoms with Crippen LogP contribution in [0.2, 0.25) is 0 Å². The smallest absolute Gasteiger partial charge is 0.254 e. The summed E-state index contributed by atoms with van der Waals surface area (Å²) >= 11 is 3.21. The van der Waals surface area contributed by atoms with Gasteiger partial charge in [0.25, 0.3) is 5.91 Å². The first-order valence-electron chi connectivity index (χ1n) is 6.56. The van der Waals surface area contributed by atoms with Crippen LogP contribution in [0.1, 0.15) is 23.2 Å². The number of anilines is 1. The number of nitrogen functional groups attached to an aromatic ring is 1. The molecule has 1 heterocycles. The Bertz CT molecular complexity index is 504. The van der Waals surface area contributed by atoms with Gasteiger partial charge in [0, 0.05) is 24.7 Å². The Kier molecular flexibility index (Phi) is 4.99. The number of carbonyl (C=O) groups is 1. The predicted molar refractivity (Wildman–Crippen MR) is 79.0 cm³/mol. The van der Waals surface area contributed by atoms with Crippen LogP contribution in [-0.2, 0) is 4.74 Å². The van der Waals surface area contributed by atoms with Crippen molar-refractivity contribution in [1.82, 2.24) is 4.90 Å². The Morgan fingerprint density at radius 3 is 3.00 bits per heavy atom. The Morgan fingerprint density at radius 1 is 1.60 bits per heavy atom. The van der Waals surface area contributed by atoms with Crippen molar-refractivity contribution in [1.29, 1.82) is 0 Å². The van der Waals surface area contributed by atoms with Crippen LogP contribution in [-0.4, -0.2) is 37.6 Å². The van der Waals surface area contributed by atoms with Crippen molar-refractivity contribution >= 4 is 27.5 Å². The number of hydrogen-bond acceptors (Lipinski definition) is 3. The van der Waals surface area contributed by atoms with Crippen LogP contribution >= 0.6 is 15.9 Å². The van der Waals surface area contributed by atoms with Crippen molar-refractivity contribution in [2.24, 2.45) is 5.92 Å². The number of amides is 1. The van der Waals surface area contributed by atoms with E-state index < -0.39 is 5.82 Å². The molecule has 6 heteroatoms. The summed E-state index contributed by atoms with van der Waals surface area (Å²) in [6.45, 7) is 2.11. The third-order valence-electron chi connectivity index (χ3n) is 3.45. The standard InChI is InChI=1S/C14H18BrFN2O2/c1-18(7-9-3-2-4-20-8-9)14(19)10-5-13(17)12(16)6-11(10)15/h5-6,9H,2-4,7-8,17H2,1H3. The lowest BCUT2D eigenvalue weighted by Crippen LogP contribution is -2.35. The Morgan fingerprint density at radius 2 is 2.35 bits per heavy atom. The Balaban J connectivity index is 2.08. The van der Waals surface area contributed by atoms with Gasteiger partial charge in [-0.25, -0.2) is 4.39 Å². The fraction of sp³-hybridized carbons (Fsp3) is 0.500. The minimum absolute atomic E-state index is 0.0223. The summed E-state index contributed by atoms with van der Waals surface area (Å²) in [5.41, 5.74) is 5.88. The highest BCUT2D eigenvalue weighted by Gasteiger charge is 2.21. The van der Waals surface area contributed by atoms with Crippen molar-refractivity contribution in [2.75, 3.05) is 32.5 Å². The molecule has 2 N–H and O–H groups in total. The monoisotopic (exact) mass is 344 g/mol. The van der Waals surface area contributed by atoms with E-state index in [-0.39, 0.29) is 11.6 Å². The van der Waals surface area contributed by atoms with Gasteiger partial charge >= 0.3 is 0 Å². The largest absolute Gasteiger partial charge is 0.396 e. The number of nitrogens with zero attached hydrogens (tertiary/aromatic N) is 1. The normalized spacial score (nSPS) is 18.9. The second kappa shape index (κ2) is 6.54. The van der Waals surface area contributed by atoms with Gasteiger partial charge < -0.3 is 15.4 Å². The molecule has 0 aromatic heterocycles. The zero-order valence-electron chi connectivity index (χ0n) is 11.4. The third kappa shape index (κ3) is 3.49. The molecular formula is C14H18BrFN2O2. The second-order valence-electron chi connectivity index (χ2n) is 5.12. The lowest BCUT2D eigenvalue weighted by molar-refractivity contribution is 0.0388. The zero-order valence-corrected chi connectivity index (χ0v) is 13.0. The number of hydrogen-bond donors (Lipinski definition) is 1. The Hall–Kier alpha value is -1.14. The number of ether oxygens (including phenoxy) is 1. The molecule has 0 radical (unpaired) electrons. The van der Waals surface area contributed by atoms with Gasteiger partial charge in [-0.3, -0.25) is 4.79 Å². The SMILES string of the molecule is CN(CC1CCCOC1)C(=O)c1cc(N)c(F)cc1Br. The lowest BCUT2D eigenvalue weighted by Gasteiger charge is -2.27. The first-order chi connectivity index (χ1) is 9.49. The molecule has 1 aliphatic heterocycles. The molecule has 1 aromatic rings. The van der Waals surface area contributed by atoms with Crippen molar-refractivity contribution < 1.29 is 13.9 Å². The van der Waals surface area contributed by atoms with Crippen LogP contribution in [0.5, 0.6) is 0 Å². The zero-order chi connectivity index (χ0) is 14.7. The van der Waals surface area contributed by atoms with Gasteiger partial charge in [-0.1, -0.05) is 0 Å². The molecule has 0 aliphatic carbocycles. The van der Waals surface area contributed by atoms with Gasteiger partial charge in [-0.05, 0) is 46.8 Å². The summed E-state index contributed by atoms with van der Waals surface area (Å²) in [5, 5.41) is 0. The first kappa shape index (κ1) is 15.3. The number of carbonyl (C=O) groups excluding carboxylic acids is 1. The van der Waals surface area contributed by atoms with Gasteiger partial charge in [-0.15, -0.1) is 0 Å². The quantitative estimate of drug-likeness (QED) is 0.857. The van der Waals surface area contributed by atoms with Crippen LogP contribution in [0, 0.1) is 11.7 Å². The molecule has 0 bridgehead atoms. The van der Waals surface area contributed by atoms with Gasteiger partial charge in [-0.2, -0.15) is 0 Å². The van der Waals surface area contributed by atoms with Gasteiger partial charge in [0.2, 0.25) is 0 Å². The fourth-order valence-electron chi connectivity index (χ4n) is 2.36. The van der Waals surface area contributed by atoms with E-state index in [9.17, 15) is 9.18 Å². The molecule has 1 aromatic carbocycles. The summed E-state index contributed by atoms with van der Waals surface area (Å²) in [5.74, 6) is -0.347. The van der Waals surface area contributed by atoms with E-state index in [0.29, 0.717) is 29.1 Å². The van der Waals surface area contributed by atoms with E-state index >= 15 is 0 Å². The van der Waals surface area contributed by atoms with Crippen LogP contribution in [0.4, 0.5) is 10.1 Å². The molecule has 1 atom stereocenters. The van der Waals surface area contributed by atoms with Crippen molar-refractivity contribution in [3.05, 3.63) is 28.0 Å². The maximum atomic E-state index is 13.3. The molecule has 4 nitrogen and oxygen atoms in total. The lowest BCUT2D eigenvalue weighted by atomic mass is 10.0. The molecule has 1 saturated heterocycles. The topological polar surface area (TPSA) is 55.6 Å². The summed E-state index contributed by atoms with van der Waals surface area (Å²) in [6, 6.07) is 2.59. The molecule has 1 unspecified atom stereocenters. The molecule has 1 fully saturated rings. The van der Waals surface area contributed by atoms with Gasteiger partial charge in [0.15, 0.2) is 0 Å². The maximum absolute atomic E-state index is 13.3. The summed E-state index contributed by atoms with van der Waals surface area (Å²) in [6.07, 6.45) is 2.09. The number of rotatable bonds is 3. The average Bonchev–Trinajstić information content (AvgIpc) is 2.43. The van der Waals surface area contributed by atoms with Crippen LogP contribution in [0.15, 0.2) is 16.6 Å². The molecular weight excluding hydrogens is 327 g/mol. The van der Waals surface area contributed by atoms with Crippen molar-refractivity contribution in [3.8, 4) is 0 Å². The predicted octanol–water partition coefficient (Wildman–Crippen LogP) is 2.67. The number of halogens is 2. The Labute approximate surface area is 126 Å². The minimum atomic E-state index is -0.531. The van der Waals surface area contributed by atoms with E-state index in [1.807, 2.05) is 0 Å². The first-order valence-corrected chi connectivity index (χ1v) is 7.36. The van der Waals surface area contributed by atoms with Gasteiger partial charge in [0.1, 0.15) is 5.82 Å². The van der Waals surface area contributed by atoms with Crippen molar-refractivity contribution in [3.63, 3.8) is 0 Å². The molecule has 2 rings (SSSR count). The molecule has 110 valence electrons. The van der Waals surface area contributed by atoms with E-state index in [1.165, 1.54) is 12.1 Å². The molecule has 0 spiro atoms. The van der Waals surface area contributed by atoms with E-state index in [0.717, 1.165) is 19.4 Å². The molecule has 1 amide bonds. The number of benzene rings is 1. The van der Waals surface area contributed by atoms with E-state index in [1.54, 1.807) is 11.9 Å². The van der Waals surface area contributed by atoms with Crippen molar-refractivity contribution in [2.45, 2.75) is 12.8 Å². The maximum Gasteiger partial charge on any atom is 0.254 e. The van der Waals surface area contributed by atoms with Crippen LogP contribution in [0.3, 0.4) is 0 Å². The molecule has 20 heavy (non-hydrogen) atoms. The van der Waals surface area contributed by atoms with E-state index in [2.05, 4.69) is 15.9 Å². The summed E-state index contributed by atoms with van der Waals surface area (Å²) in [7, 11) is 1.74. The molecule has 1 aliphatic rings. The fourth-order valence-corrected chi connectivity index (χ4v) is 2.84. The van der Waals surface area contributed by atoms with E-state index in [4.69, 9.17) is 10.5 Å². The third-order valence-corrected chi connectivity index (χ3v) is 4.11. The molecule has 0 saturated carbocycles. The average molecular weight is 345 g/mol. The highest BCUT2D eigenvalue weighted by atomic mass is 79.9. The summed E-state index contributed by atoms with van der Waals surface area (Å²) < 4.78 is 19.1. The number of nitrogens with two attached hydrogens (primary N) is 1. The highest BCUT2D eigenvalue weighted by molar-refractivity contribution is 9.10. The van der Waals surface area contributed by atoms with Crippen LogP contribution < -0.4 is 5.73 Å². The second-order valence-corrected chi connectivity index (χ2v) is 5.98. The minimum Gasteiger partial charge on any atom is -0.396 e. The van der Waals surface area contributed by atoms with Gasteiger partial charge in [0.05, 0.1) is 17.9 Å². The van der Waals surface area contributed by atoms with Crippen LogP contribution in [0.25, 0.3) is 0 Å². The summed E-state index contributed by atoms with van der Waals surface area (Å²) in [4.78, 5) is 14.0. The highest BCUT2D eigenvalue weighted by Crippen LogP contribution is 2.24.